The first kappa shape index (κ1) is 31.6. The number of nitrogens with one attached hydrogen (secondary N) is 1. The smallest absolute Gasteiger partial charge is 0.294 e. The van der Waals surface area contributed by atoms with Crippen molar-refractivity contribution < 1.29 is 17.7 Å². The Kier molecular flexibility index (Phi) is 8.15. The van der Waals surface area contributed by atoms with Crippen molar-refractivity contribution in [2.45, 2.75) is 11.8 Å². The Hall–Kier alpha value is -5.34. The molecule has 0 aliphatic rings. The first-order chi connectivity index (χ1) is 22.3. The minimum atomic E-state index is -4.28. The predicted octanol–water partition coefficient (Wildman–Crippen LogP) is 5.92. The molecule has 0 radical (unpaired) electrons. The molecular formula is C33H33FN8O4S. The third kappa shape index (κ3) is 5.88. The van der Waals surface area contributed by atoms with Gasteiger partial charge in [-0.1, -0.05) is 35.9 Å². The number of nitrogens with zero attached hydrogens (tertiary/aromatic N) is 7. The second-order valence-electron chi connectivity index (χ2n) is 11.7. The van der Waals surface area contributed by atoms with Crippen molar-refractivity contribution in [2.75, 3.05) is 44.4 Å². The second kappa shape index (κ2) is 12.1. The van der Waals surface area contributed by atoms with Gasteiger partial charge in [0.2, 0.25) is 5.95 Å². The molecule has 0 saturated carbocycles. The molecule has 12 nitrogen and oxygen atoms in total. The van der Waals surface area contributed by atoms with Crippen LogP contribution in [-0.4, -0.2) is 71.0 Å². The number of likely N-dealkylation sites (N-methyl/N-ethyl adjacent to an activating group) is 2. The maximum absolute atomic E-state index is 15.9. The second-order valence-corrected chi connectivity index (χ2v) is 13.5. The van der Waals surface area contributed by atoms with Crippen LogP contribution in [0, 0.1) is 22.9 Å². The van der Waals surface area contributed by atoms with Gasteiger partial charge in [0.25, 0.3) is 15.7 Å². The van der Waals surface area contributed by atoms with E-state index < -0.39 is 20.8 Å². The highest BCUT2D eigenvalue weighted by atomic mass is 32.2. The van der Waals surface area contributed by atoms with E-state index in [4.69, 9.17) is 0 Å². The van der Waals surface area contributed by atoms with E-state index in [2.05, 4.69) is 15.3 Å². The fourth-order valence-corrected chi connectivity index (χ4v) is 6.81. The van der Waals surface area contributed by atoms with Gasteiger partial charge in [-0.25, -0.2) is 21.8 Å². The van der Waals surface area contributed by atoms with Crippen molar-refractivity contribution in [1.82, 2.24) is 23.4 Å². The Morgan fingerprint density at radius 3 is 2.40 bits per heavy atom. The molecule has 0 spiro atoms. The number of fused-ring (bicyclic) bond motifs is 2. The van der Waals surface area contributed by atoms with Crippen LogP contribution in [0.3, 0.4) is 0 Å². The average molecular weight is 657 g/mol. The number of hydrogen-bond acceptors (Lipinski definition) is 9. The number of benzene rings is 3. The van der Waals surface area contributed by atoms with E-state index in [9.17, 15) is 18.5 Å². The third-order valence-electron chi connectivity index (χ3n) is 8.02. The predicted molar refractivity (Wildman–Crippen MR) is 181 cm³/mol. The Balaban J connectivity index is 1.54. The van der Waals surface area contributed by atoms with Crippen molar-refractivity contribution in [3.05, 3.63) is 101 Å². The minimum Gasteiger partial charge on any atom is -0.368 e. The summed E-state index contributed by atoms with van der Waals surface area (Å²) in [6.07, 6.45) is 2.70. The summed E-state index contributed by atoms with van der Waals surface area (Å²) in [6, 6.07) is 18.4. The average Bonchev–Trinajstić information content (AvgIpc) is 3.56. The maximum atomic E-state index is 15.9. The molecule has 3 aromatic carbocycles. The first-order valence-corrected chi connectivity index (χ1v) is 16.2. The Morgan fingerprint density at radius 1 is 0.979 bits per heavy atom. The highest BCUT2D eigenvalue weighted by Gasteiger charge is 2.28. The summed E-state index contributed by atoms with van der Waals surface area (Å²) < 4.78 is 46.3. The van der Waals surface area contributed by atoms with Crippen LogP contribution in [0.4, 0.5) is 27.4 Å². The van der Waals surface area contributed by atoms with Crippen LogP contribution in [0.5, 0.6) is 0 Å². The van der Waals surface area contributed by atoms with Crippen LogP contribution >= 0.6 is 0 Å². The molecule has 0 unspecified atom stereocenters. The highest BCUT2D eigenvalue weighted by molar-refractivity contribution is 7.90. The lowest BCUT2D eigenvalue weighted by Crippen LogP contribution is -2.28. The number of rotatable bonds is 10. The number of aryl methyl sites for hydroxylation is 2. The molecule has 6 rings (SSSR count). The molecule has 242 valence electrons. The SMILES string of the molecule is Cc1ccc(S(=O)(=O)n2cc(F)c3c(-c4cn(C)c5ccccc45)nc(Nc4ccc(N(C)CCN(C)C)c([N+](=O)[O-])c4)nc32)cc1. The molecule has 0 saturated heterocycles. The molecule has 0 atom stereocenters. The molecular weight excluding hydrogens is 623 g/mol. The van der Waals surface area contributed by atoms with Crippen molar-refractivity contribution in [3.63, 3.8) is 0 Å². The van der Waals surface area contributed by atoms with Gasteiger partial charge in [0.05, 0.1) is 27.1 Å². The van der Waals surface area contributed by atoms with Crippen LogP contribution in [0.1, 0.15) is 5.56 Å². The van der Waals surface area contributed by atoms with E-state index >= 15 is 4.39 Å². The summed E-state index contributed by atoms with van der Waals surface area (Å²) in [7, 11) is 3.20. The number of para-hydroxylation sites is 1. The molecule has 0 amide bonds. The van der Waals surface area contributed by atoms with E-state index in [-0.39, 0.29) is 33.3 Å². The summed E-state index contributed by atoms with van der Waals surface area (Å²) in [5.41, 5.74) is 2.86. The molecule has 47 heavy (non-hydrogen) atoms. The topological polar surface area (TPSA) is 131 Å². The van der Waals surface area contributed by atoms with Crippen LogP contribution in [0.2, 0.25) is 0 Å². The molecule has 3 aromatic heterocycles. The summed E-state index contributed by atoms with van der Waals surface area (Å²) in [4.78, 5) is 24.6. The van der Waals surface area contributed by atoms with Gasteiger partial charge in [-0.05, 0) is 51.4 Å². The molecule has 0 aliphatic carbocycles. The number of nitro groups is 1. The van der Waals surface area contributed by atoms with Gasteiger partial charge < -0.3 is 19.7 Å². The van der Waals surface area contributed by atoms with Gasteiger partial charge in [-0.2, -0.15) is 4.98 Å². The van der Waals surface area contributed by atoms with Crippen LogP contribution < -0.4 is 10.2 Å². The normalized spacial score (nSPS) is 11.9. The first-order valence-electron chi connectivity index (χ1n) is 14.7. The van der Waals surface area contributed by atoms with Gasteiger partial charge in [-0.15, -0.1) is 0 Å². The Morgan fingerprint density at radius 2 is 1.70 bits per heavy atom. The summed E-state index contributed by atoms with van der Waals surface area (Å²) in [5.74, 6) is -0.882. The lowest BCUT2D eigenvalue weighted by molar-refractivity contribution is -0.384. The van der Waals surface area contributed by atoms with E-state index in [1.807, 2.05) is 61.8 Å². The molecule has 14 heteroatoms. The fraction of sp³-hybridized carbons (Fsp3) is 0.212. The molecule has 1 N–H and O–H groups in total. The maximum Gasteiger partial charge on any atom is 0.294 e. The lowest BCUT2D eigenvalue weighted by Gasteiger charge is -2.21. The Bertz CT molecular complexity index is 2260. The zero-order chi connectivity index (χ0) is 33.6. The largest absolute Gasteiger partial charge is 0.368 e. The van der Waals surface area contributed by atoms with Crippen LogP contribution in [0.25, 0.3) is 33.2 Å². The zero-order valence-corrected chi connectivity index (χ0v) is 27.3. The number of nitro benzene ring substituents is 1. The van der Waals surface area contributed by atoms with Crippen molar-refractivity contribution in [1.29, 1.82) is 0 Å². The van der Waals surface area contributed by atoms with E-state index in [0.717, 1.165) is 26.6 Å². The minimum absolute atomic E-state index is 0.0376. The standard InChI is InChI=1S/C33H33FN8O4S/c1-21-10-13-23(14-11-21)47(45,46)41-20-26(34)30-31(25-19-40(5)27-9-7-6-8-24(25)27)36-33(37-32(30)41)35-22-12-15-28(29(18-22)42(43)44)39(4)17-16-38(2)3/h6-15,18-20H,16-17H2,1-5H3,(H,35,36,37). The number of hydrogen-bond donors (Lipinski definition) is 1. The Labute approximate surface area is 270 Å². The molecule has 3 heterocycles. The fourth-order valence-electron chi connectivity index (χ4n) is 5.51. The van der Waals surface area contributed by atoms with Gasteiger partial charge in [0, 0.05) is 61.6 Å². The number of anilines is 3. The van der Waals surface area contributed by atoms with Gasteiger partial charge in [-0.3, -0.25) is 10.1 Å². The van der Waals surface area contributed by atoms with E-state index in [1.165, 1.54) is 18.2 Å². The monoisotopic (exact) mass is 656 g/mol. The number of halogens is 1. The van der Waals surface area contributed by atoms with E-state index in [1.54, 1.807) is 42.4 Å². The van der Waals surface area contributed by atoms with Crippen molar-refractivity contribution in [3.8, 4) is 11.3 Å². The zero-order valence-electron chi connectivity index (χ0n) is 26.5. The molecule has 0 fully saturated rings. The lowest BCUT2D eigenvalue weighted by atomic mass is 10.1. The molecule has 0 aliphatic heterocycles. The van der Waals surface area contributed by atoms with E-state index in [0.29, 0.717) is 30.0 Å². The van der Waals surface area contributed by atoms with Crippen molar-refractivity contribution in [2.24, 2.45) is 7.05 Å². The summed E-state index contributed by atoms with van der Waals surface area (Å²) in [6.45, 7) is 3.09. The number of aromatic nitrogens is 4. The molecule has 0 bridgehead atoms. The highest BCUT2D eigenvalue weighted by Crippen LogP contribution is 2.38. The quantitative estimate of drug-likeness (QED) is 0.141. The molecule has 6 aromatic rings. The van der Waals surface area contributed by atoms with Crippen LogP contribution in [-0.2, 0) is 17.1 Å². The summed E-state index contributed by atoms with van der Waals surface area (Å²) >= 11 is 0. The van der Waals surface area contributed by atoms with Gasteiger partial charge in [0.1, 0.15) is 5.69 Å². The van der Waals surface area contributed by atoms with Crippen LogP contribution in [0.15, 0.2) is 84.0 Å². The van der Waals surface area contributed by atoms with Crippen molar-refractivity contribution >= 4 is 55.0 Å². The summed E-state index contributed by atoms with van der Waals surface area (Å²) in [5, 5.41) is 15.8. The van der Waals surface area contributed by atoms with Gasteiger partial charge >= 0.3 is 0 Å². The third-order valence-corrected chi connectivity index (χ3v) is 9.68. The van der Waals surface area contributed by atoms with Gasteiger partial charge in [0.15, 0.2) is 11.5 Å².